The predicted molar refractivity (Wildman–Crippen MR) is 82.0 cm³/mol. The van der Waals surface area contributed by atoms with Gasteiger partial charge in [0.15, 0.2) is 0 Å². The van der Waals surface area contributed by atoms with Crippen molar-refractivity contribution in [2.45, 2.75) is 45.6 Å². The second-order valence-corrected chi connectivity index (χ2v) is 5.94. The molecule has 1 aromatic carbocycles. The fraction of sp³-hybridized carbons (Fsp3) is 0.625. The Kier molecular flexibility index (Phi) is 5.56. The summed E-state index contributed by atoms with van der Waals surface area (Å²) in [5.74, 6) is -0.219. The molecule has 1 aromatic rings. The van der Waals surface area contributed by atoms with E-state index >= 15 is 0 Å². The summed E-state index contributed by atoms with van der Waals surface area (Å²) >= 11 is 0. The Morgan fingerprint density at radius 3 is 2.86 bits per heavy atom. The summed E-state index contributed by atoms with van der Waals surface area (Å²) in [6, 6.07) is 5.52. The van der Waals surface area contributed by atoms with Crippen LogP contribution in [-0.4, -0.2) is 43.1 Å². The van der Waals surface area contributed by atoms with Gasteiger partial charge in [-0.15, -0.1) is 0 Å². The smallest absolute Gasteiger partial charge is 0.146 e. The first-order valence-electron chi connectivity index (χ1n) is 7.53. The average Bonchev–Trinajstić information content (AvgIpc) is 2.44. The number of nitrogens with one attached hydrogen (secondary N) is 1. The van der Waals surface area contributed by atoms with Crippen molar-refractivity contribution in [2.75, 3.05) is 24.6 Å². The van der Waals surface area contributed by atoms with Gasteiger partial charge in [-0.3, -0.25) is 0 Å². The highest BCUT2D eigenvalue weighted by Crippen LogP contribution is 2.27. The molecular weight excluding hydrogens is 271 g/mol. The first kappa shape index (κ1) is 16.2. The molecule has 0 amide bonds. The summed E-state index contributed by atoms with van der Waals surface area (Å²) in [5, 5.41) is 12.7. The second kappa shape index (κ2) is 7.20. The zero-order valence-corrected chi connectivity index (χ0v) is 13.0. The molecule has 0 aliphatic carbocycles. The molecule has 1 aliphatic rings. The monoisotopic (exact) mass is 296 g/mol. The van der Waals surface area contributed by atoms with E-state index in [0.29, 0.717) is 31.4 Å². The minimum atomic E-state index is -0.265. The van der Waals surface area contributed by atoms with Crippen LogP contribution in [0.2, 0.25) is 0 Å². The van der Waals surface area contributed by atoms with Gasteiger partial charge in [0.25, 0.3) is 0 Å². The van der Waals surface area contributed by atoms with E-state index in [-0.39, 0.29) is 24.6 Å². The SMILES string of the molecule is CC(C)NCc1cccc(F)c1N1CC(C)OC(CO)C1. The lowest BCUT2D eigenvalue weighted by molar-refractivity contribution is -0.0422. The number of para-hydroxylation sites is 1. The highest BCUT2D eigenvalue weighted by atomic mass is 19.1. The van der Waals surface area contributed by atoms with Crippen molar-refractivity contribution in [1.29, 1.82) is 0 Å². The summed E-state index contributed by atoms with van der Waals surface area (Å²) in [6.07, 6.45) is -0.291. The van der Waals surface area contributed by atoms with Gasteiger partial charge in [-0.1, -0.05) is 26.0 Å². The molecule has 21 heavy (non-hydrogen) atoms. The second-order valence-electron chi connectivity index (χ2n) is 5.94. The zero-order valence-electron chi connectivity index (χ0n) is 13.0. The molecule has 5 heteroatoms. The van der Waals surface area contributed by atoms with Gasteiger partial charge in [-0.05, 0) is 18.6 Å². The van der Waals surface area contributed by atoms with E-state index < -0.39 is 0 Å². The van der Waals surface area contributed by atoms with Gasteiger partial charge >= 0.3 is 0 Å². The number of nitrogens with zero attached hydrogens (tertiary/aromatic N) is 1. The molecule has 0 saturated carbocycles. The molecule has 0 spiro atoms. The molecule has 1 fully saturated rings. The van der Waals surface area contributed by atoms with Crippen molar-refractivity contribution in [3.8, 4) is 0 Å². The molecule has 2 atom stereocenters. The lowest BCUT2D eigenvalue weighted by Crippen LogP contribution is -2.48. The van der Waals surface area contributed by atoms with Crippen molar-refractivity contribution in [1.82, 2.24) is 5.32 Å². The van der Waals surface area contributed by atoms with Crippen molar-refractivity contribution >= 4 is 5.69 Å². The number of anilines is 1. The fourth-order valence-corrected chi connectivity index (χ4v) is 2.70. The van der Waals surface area contributed by atoms with Crippen LogP contribution in [0.1, 0.15) is 26.3 Å². The largest absolute Gasteiger partial charge is 0.394 e. The molecule has 4 nitrogen and oxygen atoms in total. The normalized spacial score (nSPS) is 22.9. The van der Waals surface area contributed by atoms with Gasteiger partial charge in [0.1, 0.15) is 5.82 Å². The minimum absolute atomic E-state index is 0.0265. The van der Waals surface area contributed by atoms with Gasteiger partial charge in [-0.25, -0.2) is 4.39 Å². The van der Waals surface area contributed by atoms with E-state index in [1.165, 1.54) is 6.07 Å². The number of aliphatic hydroxyl groups is 1. The molecule has 2 rings (SSSR count). The van der Waals surface area contributed by atoms with Crippen LogP contribution in [0.15, 0.2) is 18.2 Å². The third-order valence-corrected chi connectivity index (χ3v) is 3.62. The number of halogens is 1. The third kappa shape index (κ3) is 4.15. The van der Waals surface area contributed by atoms with E-state index in [9.17, 15) is 9.50 Å². The first-order chi connectivity index (χ1) is 10.0. The molecule has 2 N–H and O–H groups in total. The number of ether oxygens (including phenoxy) is 1. The summed E-state index contributed by atoms with van der Waals surface area (Å²) in [4.78, 5) is 1.99. The van der Waals surface area contributed by atoms with Crippen LogP contribution < -0.4 is 10.2 Å². The quantitative estimate of drug-likeness (QED) is 0.871. The van der Waals surface area contributed by atoms with E-state index in [2.05, 4.69) is 19.2 Å². The van der Waals surface area contributed by atoms with Crippen LogP contribution in [0, 0.1) is 5.82 Å². The number of hydrogen-bond donors (Lipinski definition) is 2. The van der Waals surface area contributed by atoms with Crippen LogP contribution in [0.5, 0.6) is 0 Å². The summed E-state index contributed by atoms with van der Waals surface area (Å²) in [7, 11) is 0. The van der Waals surface area contributed by atoms with Crippen LogP contribution in [0.4, 0.5) is 10.1 Å². The maximum Gasteiger partial charge on any atom is 0.146 e. The number of rotatable bonds is 5. The van der Waals surface area contributed by atoms with E-state index in [1.807, 2.05) is 17.9 Å². The van der Waals surface area contributed by atoms with Gasteiger partial charge < -0.3 is 20.1 Å². The van der Waals surface area contributed by atoms with Gasteiger partial charge in [-0.2, -0.15) is 0 Å². The van der Waals surface area contributed by atoms with E-state index in [1.54, 1.807) is 6.07 Å². The third-order valence-electron chi connectivity index (χ3n) is 3.62. The van der Waals surface area contributed by atoms with Crippen molar-refractivity contribution in [3.05, 3.63) is 29.6 Å². The van der Waals surface area contributed by atoms with Gasteiger partial charge in [0.05, 0.1) is 24.5 Å². The molecule has 1 heterocycles. The predicted octanol–water partition coefficient (Wildman–Crippen LogP) is 1.91. The molecular formula is C16H25FN2O2. The standard InChI is InChI=1S/C16H25FN2O2/c1-11(2)18-7-13-5-4-6-15(17)16(13)19-8-12(3)21-14(9-19)10-20/h4-6,11-12,14,18,20H,7-10H2,1-3H3. The van der Waals surface area contributed by atoms with Crippen LogP contribution in [-0.2, 0) is 11.3 Å². The minimum Gasteiger partial charge on any atom is -0.394 e. The highest BCUT2D eigenvalue weighted by Gasteiger charge is 2.27. The topological polar surface area (TPSA) is 44.7 Å². The molecule has 0 aromatic heterocycles. The molecule has 1 saturated heterocycles. The van der Waals surface area contributed by atoms with Crippen molar-refractivity contribution in [3.63, 3.8) is 0 Å². The van der Waals surface area contributed by atoms with Crippen molar-refractivity contribution < 1.29 is 14.2 Å². The Labute approximate surface area is 125 Å². The van der Waals surface area contributed by atoms with E-state index in [0.717, 1.165) is 5.56 Å². The first-order valence-corrected chi connectivity index (χ1v) is 7.53. The highest BCUT2D eigenvalue weighted by molar-refractivity contribution is 5.55. The van der Waals surface area contributed by atoms with Crippen LogP contribution in [0.25, 0.3) is 0 Å². The lowest BCUT2D eigenvalue weighted by atomic mass is 10.1. The Hall–Kier alpha value is -1.17. The number of benzene rings is 1. The summed E-state index contributed by atoms with van der Waals surface area (Å²) in [5.41, 5.74) is 1.56. The summed E-state index contributed by atoms with van der Waals surface area (Å²) < 4.78 is 20.0. The number of aliphatic hydroxyl groups excluding tert-OH is 1. The van der Waals surface area contributed by atoms with Crippen LogP contribution in [0.3, 0.4) is 0 Å². The molecule has 0 bridgehead atoms. The molecule has 0 radical (unpaired) electrons. The molecule has 118 valence electrons. The lowest BCUT2D eigenvalue weighted by Gasteiger charge is -2.38. The Bertz CT molecular complexity index is 468. The Morgan fingerprint density at radius 2 is 2.19 bits per heavy atom. The Morgan fingerprint density at radius 1 is 1.43 bits per heavy atom. The van der Waals surface area contributed by atoms with Gasteiger partial charge in [0.2, 0.25) is 0 Å². The zero-order chi connectivity index (χ0) is 15.4. The maximum absolute atomic E-state index is 14.3. The average molecular weight is 296 g/mol. The number of morpholine rings is 1. The molecule has 1 aliphatic heterocycles. The maximum atomic E-state index is 14.3. The Balaban J connectivity index is 2.24. The summed E-state index contributed by atoms with van der Waals surface area (Å²) in [6.45, 7) is 7.80. The van der Waals surface area contributed by atoms with E-state index in [4.69, 9.17) is 4.74 Å². The number of hydrogen-bond acceptors (Lipinski definition) is 4. The van der Waals surface area contributed by atoms with Gasteiger partial charge in [0, 0.05) is 25.7 Å². The fourth-order valence-electron chi connectivity index (χ4n) is 2.70. The molecule has 2 unspecified atom stereocenters. The van der Waals surface area contributed by atoms with Crippen molar-refractivity contribution in [2.24, 2.45) is 0 Å². The van der Waals surface area contributed by atoms with Crippen LogP contribution >= 0.6 is 0 Å².